The molecule has 0 saturated carbocycles. The average Bonchev–Trinajstić information content (AvgIpc) is 3.45. The van der Waals surface area contributed by atoms with E-state index in [2.05, 4.69) is 37.0 Å². The Morgan fingerprint density at radius 3 is 2.82 bits per heavy atom. The number of aromatic nitrogens is 4. The van der Waals surface area contributed by atoms with Crippen molar-refractivity contribution in [3.63, 3.8) is 0 Å². The smallest absolute Gasteiger partial charge is 0.252 e. The lowest BCUT2D eigenvalue weighted by molar-refractivity contribution is -0.197. The van der Waals surface area contributed by atoms with E-state index in [0.29, 0.717) is 30.1 Å². The van der Waals surface area contributed by atoms with Crippen LogP contribution >= 0.6 is 11.8 Å². The number of anilines is 1. The first-order valence-corrected chi connectivity index (χ1v) is 12.6. The van der Waals surface area contributed by atoms with Crippen LogP contribution in [0.4, 0.5) is 5.82 Å². The molecule has 3 fully saturated rings. The number of amides is 1. The lowest BCUT2D eigenvalue weighted by Gasteiger charge is -2.24. The van der Waals surface area contributed by atoms with Gasteiger partial charge in [-0.3, -0.25) is 14.3 Å². The lowest BCUT2D eigenvalue weighted by Crippen LogP contribution is -2.42. The van der Waals surface area contributed by atoms with Crippen molar-refractivity contribution < 1.29 is 19.0 Å². The Kier molecular flexibility index (Phi) is 6.39. The molecule has 182 valence electrons. The van der Waals surface area contributed by atoms with E-state index in [1.165, 1.54) is 0 Å². The van der Waals surface area contributed by atoms with Crippen LogP contribution in [0.15, 0.2) is 6.33 Å². The topological polar surface area (TPSA) is 130 Å². The number of carbonyl (C=O) groups excluding carboxylic acids is 1. The Hall–Kier alpha value is -2.43. The van der Waals surface area contributed by atoms with E-state index in [1.807, 2.05) is 32.5 Å². The Morgan fingerprint density at radius 2 is 2.06 bits per heavy atom. The molecular formula is C22H29N7O4S. The highest BCUT2D eigenvalue weighted by atomic mass is 32.2. The van der Waals surface area contributed by atoms with Crippen LogP contribution in [0.5, 0.6) is 0 Å². The molecule has 2 aromatic rings. The Bertz CT molecular complexity index is 1140. The third-order valence-corrected chi connectivity index (χ3v) is 6.91. The minimum atomic E-state index is -0.851. The van der Waals surface area contributed by atoms with Gasteiger partial charge in [0.05, 0.1) is 12.9 Å². The fraction of sp³-hybridized carbons (Fsp3) is 0.636. The van der Waals surface area contributed by atoms with Crippen LogP contribution in [0, 0.1) is 11.8 Å². The predicted molar refractivity (Wildman–Crippen MR) is 127 cm³/mol. The summed E-state index contributed by atoms with van der Waals surface area (Å²) in [6.45, 7) is 8.69. The first kappa shape index (κ1) is 23.3. The van der Waals surface area contributed by atoms with Gasteiger partial charge >= 0.3 is 0 Å². The molecule has 0 spiro atoms. The number of nitrogens with zero attached hydrogens (tertiary/aromatic N) is 5. The van der Waals surface area contributed by atoms with Crippen molar-refractivity contribution in [3.05, 3.63) is 12.2 Å². The summed E-state index contributed by atoms with van der Waals surface area (Å²) >= 11 is 1.96. The summed E-state index contributed by atoms with van der Waals surface area (Å²) in [5.41, 5.74) is 7.09. The summed E-state index contributed by atoms with van der Waals surface area (Å²) in [6.07, 6.45) is -1.01. The van der Waals surface area contributed by atoms with Crippen molar-refractivity contribution in [3.8, 4) is 11.8 Å². The molecule has 1 amide bonds. The maximum Gasteiger partial charge on any atom is 0.252 e. The molecule has 3 N–H and O–H groups in total. The van der Waals surface area contributed by atoms with E-state index in [4.69, 9.17) is 19.9 Å². The molecule has 3 aliphatic rings. The number of nitrogens with one attached hydrogen (secondary N) is 1. The van der Waals surface area contributed by atoms with Gasteiger partial charge in [0, 0.05) is 31.1 Å². The number of likely N-dealkylation sites (N-methyl/N-ethyl adjacent to an activating group) is 1. The van der Waals surface area contributed by atoms with E-state index >= 15 is 0 Å². The highest BCUT2D eigenvalue weighted by molar-refractivity contribution is 7.99. The van der Waals surface area contributed by atoms with Gasteiger partial charge in [0.1, 0.15) is 17.7 Å². The Balaban J connectivity index is 1.44. The minimum absolute atomic E-state index is 0.237. The second kappa shape index (κ2) is 9.31. The van der Waals surface area contributed by atoms with Crippen molar-refractivity contribution in [2.45, 2.75) is 51.1 Å². The zero-order valence-electron chi connectivity index (χ0n) is 19.5. The summed E-state index contributed by atoms with van der Waals surface area (Å²) in [5, 5.41) is 2.81. The number of hydrogen-bond acceptors (Lipinski definition) is 10. The van der Waals surface area contributed by atoms with Gasteiger partial charge in [0.15, 0.2) is 29.6 Å². The highest BCUT2D eigenvalue weighted by Gasteiger charge is 2.58. The molecule has 3 aliphatic heterocycles. The SMILES string of the molecule is CCNC(=O)[C@H]1O[C@@H](n2cnc3c(N)nc(C#CCN4CCSCC4)nc32)[C@@H]2OC(C)(C)O[C@@H]21. The third kappa shape index (κ3) is 4.46. The first-order valence-electron chi connectivity index (χ1n) is 11.4. The number of hydrogen-bond donors (Lipinski definition) is 2. The van der Waals surface area contributed by atoms with Crippen LogP contribution < -0.4 is 11.1 Å². The molecule has 0 aliphatic carbocycles. The van der Waals surface area contributed by atoms with Gasteiger partial charge in [-0.1, -0.05) is 5.92 Å². The second-order valence-electron chi connectivity index (χ2n) is 8.85. The molecule has 12 heteroatoms. The number of imidazole rings is 1. The first-order chi connectivity index (χ1) is 16.4. The zero-order chi connectivity index (χ0) is 23.9. The van der Waals surface area contributed by atoms with Crippen LogP contribution in [0.2, 0.25) is 0 Å². The fourth-order valence-corrected chi connectivity index (χ4v) is 5.44. The van der Waals surface area contributed by atoms with Crippen molar-refractivity contribution in [2.75, 3.05) is 43.4 Å². The summed E-state index contributed by atoms with van der Waals surface area (Å²) in [4.78, 5) is 28.3. The largest absolute Gasteiger partial charge is 0.382 e. The Morgan fingerprint density at radius 1 is 1.29 bits per heavy atom. The predicted octanol–water partition coefficient (Wildman–Crippen LogP) is 0.362. The number of nitrogen functional groups attached to an aromatic ring is 1. The molecule has 5 rings (SSSR count). The highest BCUT2D eigenvalue weighted by Crippen LogP contribution is 2.43. The molecule has 3 saturated heterocycles. The number of ether oxygens (including phenoxy) is 3. The van der Waals surface area contributed by atoms with Gasteiger partial charge in [0.25, 0.3) is 5.91 Å². The fourth-order valence-electron chi connectivity index (χ4n) is 4.46. The summed E-state index contributed by atoms with van der Waals surface area (Å²) in [7, 11) is 0. The quantitative estimate of drug-likeness (QED) is 0.583. The summed E-state index contributed by atoms with van der Waals surface area (Å²) in [6, 6.07) is 0. The molecular weight excluding hydrogens is 458 g/mol. The zero-order valence-corrected chi connectivity index (χ0v) is 20.3. The molecule has 5 heterocycles. The number of rotatable bonds is 4. The second-order valence-corrected chi connectivity index (χ2v) is 10.1. The third-order valence-electron chi connectivity index (χ3n) is 5.97. The van der Waals surface area contributed by atoms with Crippen LogP contribution in [0.25, 0.3) is 11.2 Å². The summed E-state index contributed by atoms with van der Waals surface area (Å²) < 4.78 is 20.0. The molecule has 0 bridgehead atoms. The average molecular weight is 488 g/mol. The standard InChI is InChI=1S/C22H29N7O4S/c1-4-24-20(30)16-15-17(33-22(2,3)32-15)21(31-16)29-12-25-14-18(23)26-13(27-19(14)29)6-5-7-28-8-10-34-11-9-28/h12,15-17,21H,4,7-11H2,1-3H3,(H,24,30)(H2,23,26,27)/t15-,16+,17-,21-/m1/s1. The van der Waals surface area contributed by atoms with Crippen molar-refractivity contribution in [2.24, 2.45) is 0 Å². The van der Waals surface area contributed by atoms with Gasteiger partial charge in [-0.15, -0.1) is 0 Å². The van der Waals surface area contributed by atoms with Gasteiger partial charge in [0.2, 0.25) is 5.82 Å². The van der Waals surface area contributed by atoms with E-state index in [-0.39, 0.29) is 11.7 Å². The molecule has 4 atom stereocenters. The molecule has 11 nitrogen and oxygen atoms in total. The van der Waals surface area contributed by atoms with Crippen molar-refractivity contribution in [1.29, 1.82) is 0 Å². The molecule has 34 heavy (non-hydrogen) atoms. The van der Waals surface area contributed by atoms with Crippen LogP contribution in [-0.4, -0.2) is 92.1 Å². The number of nitrogens with two attached hydrogens (primary N) is 1. The normalized spacial score (nSPS) is 28.4. The minimum Gasteiger partial charge on any atom is -0.382 e. The molecule has 2 aromatic heterocycles. The van der Waals surface area contributed by atoms with Gasteiger partial charge < -0.3 is 25.3 Å². The van der Waals surface area contributed by atoms with E-state index in [0.717, 1.165) is 24.6 Å². The lowest BCUT2D eigenvalue weighted by atomic mass is 10.1. The number of thioether (sulfide) groups is 1. The monoisotopic (exact) mass is 487 g/mol. The van der Waals surface area contributed by atoms with Crippen LogP contribution in [0.1, 0.15) is 32.8 Å². The maximum absolute atomic E-state index is 12.7. The van der Waals surface area contributed by atoms with E-state index < -0.39 is 30.3 Å². The van der Waals surface area contributed by atoms with Gasteiger partial charge in [-0.2, -0.15) is 11.8 Å². The van der Waals surface area contributed by atoms with Crippen molar-refractivity contribution in [1.82, 2.24) is 29.7 Å². The van der Waals surface area contributed by atoms with Crippen LogP contribution in [-0.2, 0) is 19.0 Å². The number of fused-ring (bicyclic) bond motifs is 2. The maximum atomic E-state index is 12.7. The number of carbonyl (C=O) groups is 1. The molecule has 0 unspecified atom stereocenters. The van der Waals surface area contributed by atoms with Gasteiger partial charge in [-0.05, 0) is 26.7 Å². The van der Waals surface area contributed by atoms with Gasteiger partial charge in [-0.25, -0.2) is 15.0 Å². The van der Waals surface area contributed by atoms with Crippen LogP contribution in [0.3, 0.4) is 0 Å². The Labute approximate surface area is 202 Å². The molecule has 0 radical (unpaired) electrons. The van der Waals surface area contributed by atoms with Crippen molar-refractivity contribution >= 4 is 34.7 Å². The molecule has 0 aromatic carbocycles. The summed E-state index contributed by atoms with van der Waals surface area (Å²) in [5.74, 6) is 7.89. The van der Waals surface area contributed by atoms with E-state index in [9.17, 15) is 4.79 Å². The van der Waals surface area contributed by atoms with E-state index in [1.54, 1.807) is 10.9 Å².